The van der Waals surface area contributed by atoms with Gasteiger partial charge in [-0.1, -0.05) is 6.92 Å². The number of rotatable bonds is 3. The summed E-state index contributed by atoms with van der Waals surface area (Å²) in [6, 6.07) is 0. The molecule has 5 nitrogen and oxygen atoms in total. The summed E-state index contributed by atoms with van der Waals surface area (Å²) < 4.78 is 0. The van der Waals surface area contributed by atoms with Crippen LogP contribution in [0.25, 0.3) is 0 Å². The number of nitrogens with two attached hydrogens (primary N) is 1. The fourth-order valence-electron chi connectivity index (χ4n) is 0.368. The van der Waals surface area contributed by atoms with Gasteiger partial charge in [-0.15, -0.1) is 0 Å². The van der Waals surface area contributed by atoms with E-state index in [1.165, 1.54) is 0 Å². The summed E-state index contributed by atoms with van der Waals surface area (Å²) in [5.41, 5.74) is 7.03. The van der Waals surface area contributed by atoms with E-state index in [2.05, 4.69) is 4.84 Å². The number of carbonyl (C=O) groups is 2. The third-order valence-corrected chi connectivity index (χ3v) is 0.939. The van der Waals surface area contributed by atoms with Crippen LogP contribution in [0.3, 0.4) is 0 Å². The minimum absolute atomic E-state index is 0.164. The fraction of sp³-hybridized carbons (Fsp3) is 0.667. The average Bonchev–Trinajstić information content (AvgIpc) is 2.01. The van der Waals surface area contributed by atoms with E-state index < -0.39 is 5.97 Å². The van der Waals surface area contributed by atoms with E-state index in [1.807, 2.05) is 5.48 Å². The molecule has 3 N–H and O–H groups in total. The molecule has 0 fully saturated rings. The van der Waals surface area contributed by atoms with Gasteiger partial charge in [-0.25, -0.2) is 4.79 Å². The molecule has 0 aliphatic carbocycles. The maximum absolute atomic E-state index is 10.6. The normalized spacial score (nSPS) is 8.91. The number of amides is 1. The first-order valence-electron chi connectivity index (χ1n) is 3.39. The van der Waals surface area contributed by atoms with E-state index in [-0.39, 0.29) is 25.3 Å². The van der Waals surface area contributed by atoms with Crippen LogP contribution in [0.5, 0.6) is 0 Å². The Hall–Kier alpha value is -1.10. The molecule has 1 amide bonds. The molecule has 0 aliphatic heterocycles. The summed E-state index contributed by atoms with van der Waals surface area (Å²) in [6.45, 7) is 1.88. The van der Waals surface area contributed by atoms with Gasteiger partial charge < -0.3 is 10.6 Å². The Kier molecular flexibility index (Phi) is 5.10. The number of hydrogen-bond acceptors (Lipinski definition) is 4. The standard InChI is InChI=1S/C6H12N2O3/c1-2-6(10)11-8-5(9)3-4-7/h2-4,7H2,1H3,(H,8,9). The van der Waals surface area contributed by atoms with Crippen molar-refractivity contribution >= 4 is 11.9 Å². The van der Waals surface area contributed by atoms with Crippen LogP contribution in [0.15, 0.2) is 0 Å². The zero-order valence-corrected chi connectivity index (χ0v) is 6.42. The molecule has 0 aromatic carbocycles. The second-order valence-corrected chi connectivity index (χ2v) is 1.89. The number of hydrogen-bond donors (Lipinski definition) is 2. The minimum atomic E-state index is -0.463. The quantitative estimate of drug-likeness (QED) is 0.536. The molecule has 0 aromatic heterocycles. The monoisotopic (exact) mass is 160 g/mol. The van der Waals surface area contributed by atoms with Crippen molar-refractivity contribution in [2.45, 2.75) is 19.8 Å². The third kappa shape index (κ3) is 5.35. The Bertz CT molecular complexity index is 147. The highest BCUT2D eigenvalue weighted by molar-refractivity contribution is 5.77. The van der Waals surface area contributed by atoms with Crippen molar-refractivity contribution in [3.63, 3.8) is 0 Å². The molecule has 0 saturated carbocycles. The molecule has 0 heterocycles. The lowest BCUT2D eigenvalue weighted by Crippen LogP contribution is -2.28. The lowest BCUT2D eigenvalue weighted by molar-refractivity contribution is -0.157. The average molecular weight is 160 g/mol. The topological polar surface area (TPSA) is 81.4 Å². The lowest BCUT2D eigenvalue weighted by atomic mass is 10.4. The van der Waals surface area contributed by atoms with E-state index in [0.29, 0.717) is 0 Å². The number of hydroxylamine groups is 1. The maximum Gasteiger partial charge on any atom is 0.331 e. The molecule has 0 saturated heterocycles. The Morgan fingerprint density at radius 2 is 2.18 bits per heavy atom. The molecule has 0 unspecified atom stereocenters. The van der Waals surface area contributed by atoms with Crippen molar-refractivity contribution < 1.29 is 14.4 Å². The van der Waals surface area contributed by atoms with Gasteiger partial charge in [-0.3, -0.25) is 4.79 Å². The van der Waals surface area contributed by atoms with Crippen LogP contribution in [0.1, 0.15) is 19.8 Å². The van der Waals surface area contributed by atoms with Crippen LogP contribution in [-0.4, -0.2) is 18.4 Å². The fourth-order valence-corrected chi connectivity index (χ4v) is 0.368. The molecule has 11 heavy (non-hydrogen) atoms. The molecule has 0 aliphatic rings. The lowest BCUT2D eigenvalue weighted by Gasteiger charge is -2.02. The van der Waals surface area contributed by atoms with Crippen LogP contribution < -0.4 is 11.2 Å². The van der Waals surface area contributed by atoms with E-state index in [4.69, 9.17) is 5.73 Å². The SMILES string of the molecule is CCC(=O)ONC(=O)CCN. The van der Waals surface area contributed by atoms with Gasteiger partial charge in [0.15, 0.2) is 0 Å². The van der Waals surface area contributed by atoms with Gasteiger partial charge in [0.05, 0.1) is 0 Å². The first-order chi connectivity index (χ1) is 5.20. The number of carbonyl (C=O) groups excluding carboxylic acids is 2. The second kappa shape index (κ2) is 5.67. The highest BCUT2D eigenvalue weighted by atomic mass is 16.7. The minimum Gasteiger partial charge on any atom is -0.341 e. The van der Waals surface area contributed by atoms with E-state index >= 15 is 0 Å². The van der Waals surface area contributed by atoms with Crippen LogP contribution in [0, 0.1) is 0 Å². The van der Waals surface area contributed by atoms with E-state index in [0.717, 1.165) is 0 Å². The van der Waals surface area contributed by atoms with Crippen molar-refractivity contribution in [2.75, 3.05) is 6.54 Å². The summed E-state index contributed by atoms with van der Waals surface area (Å²) in [7, 11) is 0. The molecule has 0 spiro atoms. The highest BCUT2D eigenvalue weighted by Gasteiger charge is 2.02. The van der Waals surface area contributed by atoms with Crippen LogP contribution in [-0.2, 0) is 14.4 Å². The van der Waals surface area contributed by atoms with Crippen LogP contribution >= 0.6 is 0 Å². The van der Waals surface area contributed by atoms with Gasteiger partial charge in [0.25, 0.3) is 5.91 Å². The van der Waals surface area contributed by atoms with E-state index in [1.54, 1.807) is 6.92 Å². The zero-order chi connectivity index (χ0) is 8.69. The summed E-state index contributed by atoms with van der Waals surface area (Å²) in [6.07, 6.45) is 0.403. The third-order valence-electron chi connectivity index (χ3n) is 0.939. The predicted molar refractivity (Wildman–Crippen MR) is 38.2 cm³/mol. The Morgan fingerprint density at radius 1 is 1.55 bits per heavy atom. The highest BCUT2D eigenvalue weighted by Crippen LogP contribution is 1.81. The summed E-state index contributed by atoms with van der Waals surface area (Å²) >= 11 is 0. The maximum atomic E-state index is 10.6. The molecule has 0 rings (SSSR count). The Labute approximate surface area is 64.8 Å². The number of nitrogens with one attached hydrogen (secondary N) is 1. The second-order valence-electron chi connectivity index (χ2n) is 1.89. The smallest absolute Gasteiger partial charge is 0.331 e. The van der Waals surface area contributed by atoms with Crippen LogP contribution in [0.4, 0.5) is 0 Å². The van der Waals surface area contributed by atoms with Crippen molar-refractivity contribution in [3.8, 4) is 0 Å². The van der Waals surface area contributed by atoms with Crippen molar-refractivity contribution in [1.29, 1.82) is 0 Å². The Balaban J connectivity index is 3.38. The van der Waals surface area contributed by atoms with Crippen molar-refractivity contribution in [2.24, 2.45) is 5.73 Å². The first kappa shape index (κ1) is 9.90. The van der Waals surface area contributed by atoms with Gasteiger partial charge in [0.2, 0.25) is 0 Å². The summed E-state index contributed by atoms with van der Waals surface area (Å²) in [5.74, 6) is -0.843. The van der Waals surface area contributed by atoms with Gasteiger partial charge in [0, 0.05) is 19.4 Å². The first-order valence-corrected chi connectivity index (χ1v) is 3.39. The molecule has 5 heteroatoms. The Morgan fingerprint density at radius 3 is 2.64 bits per heavy atom. The van der Waals surface area contributed by atoms with Crippen molar-refractivity contribution in [3.05, 3.63) is 0 Å². The van der Waals surface area contributed by atoms with Gasteiger partial charge in [-0.05, 0) is 0 Å². The molecule has 0 aromatic rings. The predicted octanol–water partition coefficient (Wildman–Crippen LogP) is -0.680. The van der Waals surface area contributed by atoms with Gasteiger partial charge in [0.1, 0.15) is 0 Å². The zero-order valence-electron chi connectivity index (χ0n) is 6.42. The van der Waals surface area contributed by atoms with E-state index in [9.17, 15) is 9.59 Å². The molecular weight excluding hydrogens is 148 g/mol. The van der Waals surface area contributed by atoms with Crippen LogP contribution in [0.2, 0.25) is 0 Å². The summed E-state index contributed by atoms with van der Waals surface area (Å²) in [4.78, 5) is 25.4. The molecule has 64 valence electrons. The van der Waals surface area contributed by atoms with Crippen molar-refractivity contribution in [1.82, 2.24) is 5.48 Å². The largest absolute Gasteiger partial charge is 0.341 e. The molecule has 0 bridgehead atoms. The van der Waals surface area contributed by atoms with Gasteiger partial charge >= 0.3 is 5.97 Å². The molecular formula is C6H12N2O3. The molecule has 0 radical (unpaired) electrons. The molecule has 0 atom stereocenters. The van der Waals surface area contributed by atoms with Gasteiger partial charge in [-0.2, -0.15) is 5.48 Å². The summed E-state index contributed by atoms with van der Waals surface area (Å²) in [5, 5.41) is 0.